The van der Waals surface area contributed by atoms with Crippen LogP contribution in [0.2, 0.25) is 5.02 Å². The second kappa shape index (κ2) is 7.58. The molecule has 9 nitrogen and oxygen atoms in total. The normalized spacial score (nSPS) is 13.7. The number of nitrogens with zero attached hydrogens (tertiary/aromatic N) is 3. The van der Waals surface area contributed by atoms with Gasteiger partial charge in [-0.05, 0) is 24.3 Å². The number of amides is 1. The Hall–Kier alpha value is -3.18. The summed E-state index contributed by atoms with van der Waals surface area (Å²) in [5, 5.41) is 3.61. The van der Waals surface area contributed by atoms with Gasteiger partial charge in [-0.3, -0.25) is 14.4 Å². The van der Waals surface area contributed by atoms with Crippen molar-refractivity contribution >= 4 is 38.9 Å². The molecular weight excluding hydrogens is 439 g/mol. The molecule has 0 bridgehead atoms. The van der Waals surface area contributed by atoms with Gasteiger partial charge in [-0.25, -0.2) is 12.8 Å². The third-order valence-electron chi connectivity index (χ3n) is 4.19. The van der Waals surface area contributed by atoms with Gasteiger partial charge in [0, 0.05) is 13.0 Å². The minimum Gasteiger partial charge on any atom is -0.482 e. The maximum absolute atomic E-state index is 13.4. The number of hydrogen-bond acceptors (Lipinski definition) is 7. The van der Waals surface area contributed by atoms with Gasteiger partial charge in [-0.2, -0.15) is 4.98 Å². The van der Waals surface area contributed by atoms with Crippen LogP contribution < -0.4 is 14.4 Å². The quantitative estimate of drug-likeness (QED) is 0.632. The van der Waals surface area contributed by atoms with E-state index in [0.29, 0.717) is 5.89 Å². The first-order valence-electron chi connectivity index (χ1n) is 8.57. The van der Waals surface area contributed by atoms with Crippen molar-refractivity contribution in [3.63, 3.8) is 0 Å². The summed E-state index contributed by atoms with van der Waals surface area (Å²) in [6.45, 7) is 1.31. The first-order chi connectivity index (χ1) is 14.2. The molecule has 2 aromatic carbocycles. The Morgan fingerprint density at radius 1 is 1.30 bits per heavy atom. The van der Waals surface area contributed by atoms with Gasteiger partial charge in [-0.15, -0.1) is 0 Å². The van der Waals surface area contributed by atoms with Crippen molar-refractivity contribution in [1.82, 2.24) is 10.1 Å². The summed E-state index contributed by atoms with van der Waals surface area (Å²) in [6, 6.07) is 7.51. The average molecular weight is 453 g/mol. The van der Waals surface area contributed by atoms with Gasteiger partial charge in [0.2, 0.25) is 5.89 Å². The van der Waals surface area contributed by atoms with Crippen molar-refractivity contribution in [2.75, 3.05) is 16.2 Å². The van der Waals surface area contributed by atoms with Gasteiger partial charge < -0.3 is 9.26 Å². The molecule has 0 saturated heterocycles. The lowest BCUT2D eigenvalue weighted by atomic mass is 10.2. The van der Waals surface area contributed by atoms with Crippen LogP contribution in [0, 0.1) is 12.7 Å². The maximum Gasteiger partial charge on any atom is 0.265 e. The van der Waals surface area contributed by atoms with Gasteiger partial charge in [0.25, 0.3) is 15.9 Å². The molecule has 4 rings (SSSR count). The Morgan fingerprint density at radius 2 is 2.10 bits per heavy atom. The Bertz CT molecular complexity index is 1250. The van der Waals surface area contributed by atoms with E-state index >= 15 is 0 Å². The molecular formula is C18H14ClFN4O5S. The second-order valence-electron chi connectivity index (χ2n) is 6.36. The minimum absolute atomic E-state index is 0.00347. The lowest BCUT2D eigenvalue weighted by molar-refractivity contribution is -0.121. The molecule has 156 valence electrons. The number of rotatable bonds is 5. The van der Waals surface area contributed by atoms with Crippen LogP contribution in [0.1, 0.15) is 11.7 Å². The number of hydrogen-bond donors (Lipinski definition) is 1. The van der Waals surface area contributed by atoms with E-state index in [1.807, 2.05) is 0 Å². The molecule has 0 aliphatic carbocycles. The number of sulfonamides is 1. The fourth-order valence-electron chi connectivity index (χ4n) is 2.89. The summed E-state index contributed by atoms with van der Waals surface area (Å²) in [6.07, 6.45) is 0. The highest BCUT2D eigenvalue weighted by Gasteiger charge is 2.30. The van der Waals surface area contributed by atoms with Crippen molar-refractivity contribution in [3.8, 4) is 5.75 Å². The predicted octanol–water partition coefficient (Wildman–Crippen LogP) is 2.90. The Labute approximate surface area is 175 Å². The Morgan fingerprint density at radius 3 is 2.80 bits per heavy atom. The molecule has 0 saturated carbocycles. The van der Waals surface area contributed by atoms with Crippen LogP contribution in [-0.4, -0.2) is 31.1 Å². The lowest BCUT2D eigenvalue weighted by Gasteiger charge is -2.29. The number of carbonyl (C=O) groups is 1. The minimum atomic E-state index is -4.15. The van der Waals surface area contributed by atoms with Crippen LogP contribution in [0.25, 0.3) is 0 Å². The van der Waals surface area contributed by atoms with Gasteiger partial charge in [-0.1, -0.05) is 22.8 Å². The Kier molecular flexibility index (Phi) is 5.08. The summed E-state index contributed by atoms with van der Waals surface area (Å²) in [7, 11) is -4.15. The van der Waals surface area contributed by atoms with E-state index in [1.165, 1.54) is 35.2 Å². The van der Waals surface area contributed by atoms with Crippen molar-refractivity contribution < 1.29 is 26.9 Å². The first-order valence-corrected chi connectivity index (χ1v) is 10.4. The van der Waals surface area contributed by atoms with Crippen LogP contribution in [0.15, 0.2) is 45.8 Å². The van der Waals surface area contributed by atoms with E-state index in [-0.39, 0.29) is 51.9 Å². The summed E-state index contributed by atoms with van der Waals surface area (Å²) in [5.41, 5.74) is 0.303. The molecule has 0 fully saturated rings. The monoisotopic (exact) mass is 452 g/mol. The van der Waals surface area contributed by atoms with Crippen molar-refractivity contribution in [1.29, 1.82) is 0 Å². The number of benzene rings is 2. The molecule has 3 aromatic rings. The molecule has 0 unspecified atom stereocenters. The molecule has 0 atom stereocenters. The van der Waals surface area contributed by atoms with Crippen LogP contribution in [0.5, 0.6) is 5.75 Å². The molecule has 30 heavy (non-hydrogen) atoms. The topological polar surface area (TPSA) is 115 Å². The zero-order valence-electron chi connectivity index (χ0n) is 15.4. The van der Waals surface area contributed by atoms with Crippen LogP contribution >= 0.6 is 11.6 Å². The molecule has 12 heteroatoms. The predicted molar refractivity (Wildman–Crippen MR) is 104 cm³/mol. The van der Waals surface area contributed by atoms with Crippen LogP contribution in [-0.2, 0) is 21.4 Å². The molecule has 0 spiro atoms. The summed E-state index contributed by atoms with van der Waals surface area (Å²) < 4.78 is 51.5. The first kappa shape index (κ1) is 20.1. The molecule has 1 N–H and O–H groups in total. The number of ether oxygens (including phenoxy) is 1. The van der Waals surface area contributed by atoms with E-state index in [1.54, 1.807) is 6.92 Å². The van der Waals surface area contributed by atoms with E-state index in [2.05, 4.69) is 14.9 Å². The number of halogens is 2. The fourth-order valence-corrected chi connectivity index (χ4v) is 4.48. The zero-order chi connectivity index (χ0) is 21.5. The molecule has 1 aliphatic heterocycles. The molecule has 2 heterocycles. The number of carbonyl (C=O) groups excluding carboxylic acids is 1. The number of nitrogens with one attached hydrogen (secondary N) is 1. The summed E-state index contributed by atoms with van der Waals surface area (Å²) in [5.74, 6) is -0.225. The highest BCUT2D eigenvalue weighted by Crippen LogP contribution is 2.39. The smallest absolute Gasteiger partial charge is 0.265 e. The van der Waals surface area contributed by atoms with Crippen molar-refractivity contribution in [2.45, 2.75) is 18.4 Å². The maximum atomic E-state index is 13.4. The summed E-state index contributed by atoms with van der Waals surface area (Å²) in [4.78, 5) is 17.4. The average Bonchev–Trinajstić information content (AvgIpc) is 3.08. The number of aromatic nitrogens is 2. The Balaban J connectivity index is 1.69. The third-order valence-corrected chi connectivity index (χ3v) is 6.04. The van der Waals surface area contributed by atoms with E-state index in [0.717, 1.165) is 6.07 Å². The number of fused-ring (bicyclic) bond motifs is 1. The van der Waals surface area contributed by atoms with Gasteiger partial charge in [0.1, 0.15) is 16.5 Å². The molecule has 0 radical (unpaired) electrons. The van der Waals surface area contributed by atoms with E-state index in [9.17, 15) is 17.6 Å². The SMILES string of the molecule is Cc1nc(CN2C(=O)COc3cc(S(=O)(=O)Nc4cccc(F)c4)c(Cl)cc32)no1. The lowest BCUT2D eigenvalue weighted by Crippen LogP contribution is -2.38. The fraction of sp³-hybridized carbons (Fsp3) is 0.167. The summed E-state index contributed by atoms with van der Waals surface area (Å²) >= 11 is 6.23. The third kappa shape index (κ3) is 3.94. The molecule has 1 aromatic heterocycles. The molecule has 1 amide bonds. The second-order valence-corrected chi connectivity index (χ2v) is 8.42. The van der Waals surface area contributed by atoms with Gasteiger partial charge in [0.05, 0.1) is 22.9 Å². The highest BCUT2D eigenvalue weighted by molar-refractivity contribution is 7.92. The van der Waals surface area contributed by atoms with Crippen molar-refractivity contribution in [3.05, 3.63) is 59.0 Å². The number of anilines is 2. The highest BCUT2D eigenvalue weighted by atomic mass is 35.5. The number of aryl methyl sites for hydroxylation is 1. The largest absolute Gasteiger partial charge is 0.482 e. The van der Waals surface area contributed by atoms with Crippen LogP contribution in [0.4, 0.5) is 15.8 Å². The van der Waals surface area contributed by atoms with Gasteiger partial charge in [0.15, 0.2) is 12.4 Å². The van der Waals surface area contributed by atoms with Crippen LogP contribution in [0.3, 0.4) is 0 Å². The molecule has 1 aliphatic rings. The zero-order valence-corrected chi connectivity index (χ0v) is 17.0. The van der Waals surface area contributed by atoms with Gasteiger partial charge >= 0.3 is 0 Å². The van der Waals surface area contributed by atoms with Crippen molar-refractivity contribution in [2.24, 2.45) is 0 Å². The van der Waals surface area contributed by atoms with E-state index in [4.69, 9.17) is 20.9 Å². The van der Waals surface area contributed by atoms with E-state index < -0.39 is 15.8 Å². The standard InChI is InChI=1S/C18H14ClFN4O5S/c1-10-21-17(22-29-10)8-24-14-6-13(19)16(7-15(14)28-9-18(24)25)30(26,27)23-12-4-2-3-11(20)5-12/h2-7,23H,8-9H2,1H3.